The molecule has 0 fully saturated rings. The highest BCUT2D eigenvalue weighted by Crippen LogP contribution is 2.26. The van der Waals surface area contributed by atoms with E-state index in [4.69, 9.17) is 4.74 Å². The van der Waals surface area contributed by atoms with Crippen molar-refractivity contribution in [2.45, 2.75) is 45.6 Å². The first-order valence-electron chi connectivity index (χ1n) is 6.51. The third kappa shape index (κ3) is 5.23. The maximum Gasteiger partial charge on any atom is 0.220 e. The van der Waals surface area contributed by atoms with Crippen molar-refractivity contribution in [2.75, 3.05) is 7.11 Å². The van der Waals surface area contributed by atoms with Crippen molar-refractivity contribution in [1.82, 2.24) is 5.32 Å². The summed E-state index contributed by atoms with van der Waals surface area (Å²) in [4.78, 5) is 11.9. The Bertz CT molecular complexity index is 444. The number of ether oxygens (including phenoxy) is 1. The second-order valence-corrected chi connectivity index (χ2v) is 6.11. The second-order valence-electron chi connectivity index (χ2n) is 5.25. The second kappa shape index (κ2) is 6.94. The van der Waals surface area contributed by atoms with E-state index in [0.29, 0.717) is 6.42 Å². The average Bonchev–Trinajstić information content (AvgIpc) is 2.36. The molecule has 0 aliphatic carbocycles. The monoisotopic (exact) mass is 327 g/mol. The van der Waals surface area contributed by atoms with Gasteiger partial charge in [0, 0.05) is 12.0 Å². The summed E-state index contributed by atoms with van der Waals surface area (Å²) in [6.07, 6.45) is 2.16. The Morgan fingerprint density at radius 2 is 2.11 bits per heavy atom. The number of benzene rings is 1. The summed E-state index contributed by atoms with van der Waals surface area (Å²) in [7, 11) is 1.64. The van der Waals surface area contributed by atoms with Crippen LogP contribution >= 0.6 is 15.9 Å². The molecular formula is C15H22BrNO2. The molecule has 0 atom stereocenters. The topological polar surface area (TPSA) is 38.3 Å². The van der Waals surface area contributed by atoms with Crippen LogP contribution in [0.4, 0.5) is 0 Å². The van der Waals surface area contributed by atoms with Gasteiger partial charge in [-0.05, 0) is 60.3 Å². The van der Waals surface area contributed by atoms with Gasteiger partial charge in [0.15, 0.2) is 0 Å². The number of nitrogens with one attached hydrogen (secondary N) is 1. The molecule has 0 saturated heterocycles. The van der Waals surface area contributed by atoms with Crippen molar-refractivity contribution in [3.8, 4) is 5.75 Å². The number of carbonyl (C=O) groups is 1. The Morgan fingerprint density at radius 3 is 2.63 bits per heavy atom. The standard InChI is InChI=1S/C15H22BrNO2/c1-5-15(2,3)17-14(18)9-7-11-6-8-13(19-4)12(16)10-11/h6,8,10H,5,7,9H2,1-4H3,(H,17,18). The van der Waals surface area contributed by atoms with Crippen molar-refractivity contribution < 1.29 is 9.53 Å². The van der Waals surface area contributed by atoms with E-state index in [0.717, 1.165) is 28.6 Å². The maximum absolute atomic E-state index is 11.9. The average molecular weight is 328 g/mol. The Kier molecular flexibility index (Phi) is 5.85. The van der Waals surface area contributed by atoms with E-state index >= 15 is 0 Å². The van der Waals surface area contributed by atoms with Crippen LogP contribution in [0.5, 0.6) is 5.75 Å². The number of rotatable bonds is 6. The summed E-state index contributed by atoms with van der Waals surface area (Å²) in [6.45, 7) is 6.14. The third-order valence-corrected chi connectivity index (χ3v) is 3.84. The Morgan fingerprint density at radius 1 is 1.42 bits per heavy atom. The molecule has 1 aromatic rings. The van der Waals surface area contributed by atoms with Gasteiger partial charge >= 0.3 is 0 Å². The van der Waals surface area contributed by atoms with Gasteiger partial charge in [-0.15, -0.1) is 0 Å². The fourth-order valence-corrected chi connectivity index (χ4v) is 2.24. The predicted octanol–water partition coefficient (Wildman–Crippen LogP) is 3.70. The summed E-state index contributed by atoms with van der Waals surface area (Å²) in [5, 5.41) is 3.04. The summed E-state index contributed by atoms with van der Waals surface area (Å²) in [6, 6.07) is 5.90. The number of hydrogen-bond acceptors (Lipinski definition) is 2. The van der Waals surface area contributed by atoms with Crippen LogP contribution in [-0.4, -0.2) is 18.6 Å². The summed E-state index contributed by atoms with van der Waals surface area (Å²) >= 11 is 3.45. The molecule has 0 aliphatic rings. The SMILES string of the molecule is CCC(C)(C)NC(=O)CCc1ccc(OC)c(Br)c1. The molecule has 0 spiro atoms. The van der Waals surface area contributed by atoms with E-state index in [2.05, 4.69) is 28.2 Å². The summed E-state index contributed by atoms with van der Waals surface area (Å²) < 4.78 is 6.10. The van der Waals surface area contributed by atoms with E-state index in [9.17, 15) is 4.79 Å². The Balaban J connectivity index is 2.53. The Hall–Kier alpha value is -1.03. The van der Waals surface area contributed by atoms with Crippen LogP contribution in [0, 0.1) is 0 Å². The normalized spacial score (nSPS) is 11.2. The van der Waals surface area contributed by atoms with E-state index in [-0.39, 0.29) is 11.4 Å². The molecule has 1 amide bonds. The molecule has 19 heavy (non-hydrogen) atoms. The van der Waals surface area contributed by atoms with Crippen molar-refractivity contribution in [3.05, 3.63) is 28.2 Å². The molecule has 106 valence electrons. The van der Waals surface area contributed by atoms with Gasteiger partial charge in [0.05, 0.1) is 11.6 Å². The van der Waals surface area contributed by atoms with Crippen LogP contribution in [0.3, 0.4) is 0 Å². The van der Waals surface area contributed by atoms with Gasteiger partial charge in [-0.3, -0.25) is 4.79 Å². The molecule has 1 rings (SSSR count). The number of methoxy groups -OCH3 is 1. The van der Waals surface area contributed by atoms with Crippen LogP contribution in [0.1, 0.15) is 39.2 Å². The van der Waals surface area contributed by atoms with Gasteiger partial charge in [0.2, 0.25) is 5.91 Å². The zero-order chi connectivity index (χ0) is 14.5. The minimum Gasteiger partial charge on any atom is -0.496 e. The van der Waals surface area contributed by atoms with Gasteiger partial charge < -0.3 is 10.1 Å². The first-order valence-corrected chi connectivity index (χ1v) is 7.30. The zero-order valence-electron chi connectivity index (χ0n) is 12.0. The number of hydrogen-bond donors (Lipinski definition) is 1. The minimum absolute atomic E-state index is 0.0961. The predicted molar refractivity (Wildman–Crippen MR) is 81.5 cm³/mol. The number of carbonyl (C=O) groups excluding carboxylic acids is 1. The van der Waals surface area contributed by atoms with Crippen LogP contribution < -0.4 is 10.1 Å². The van der Waals surface area contributed by atoms with Crippen LogP contribution in [-0.2, 0) is 11.2 Å². The highest BCUT2D eigenvalue weighted by Gasteiger charge is 2.17. The first kappa shape index (κ1) is 16.0. The van der Waals surface area contributed by atoms with Crippen LogP contribution in [0.15, 0.2) is 22.7 Å². The van der Waals surface area contributed by atoms with Gasteiger partial charge in [-0.2, -0.15) is 0 Å². The molecule has 0 saturated carbocycles. The summed E-state index contributed by atoms with van der Waals surface area (Å²) in [5.41, 5.74) is 0.995. The highest BCUT2D eigenvalue weighted by atomic mass is 79.9. The van der Waals surface area contributed by atoms with Crippen molar-refractivity contribution in [2.24, 2.45) is 0 Å². The molecule has 0 bridgehead atoms. The smallest absolute Gasteiger partial charge is 0.220 e. The van der Waals surface area contributed by atoms with Crippen molar-refractivity contribution in [1.29, 1.82) is 0 Å². The third-order valence-electron chi connectivity index (χ3n) is 3.22. The molecule has 0 unspecified atom stereocenters. The van der Waals surface area contributed by atoms with Crippen LogP contribution in [0.2, 0.25) is 0 Å². The maximum atomic E-state index is 11.9. The van der Waals surface area contributed by atoms with E-state index in [1.807, 2.05) is 32.0 Å². The number of amides is 1. The van der Waals surface area contributed by atoms with Crippen molar-refractivity contribution in [3.63, 3.8) is 0 Å². The molecule has 1 aromatic carbocycles. The minimum atomic E-state index is -0.127. The quantitative estimate of drug-likeness (QED) is 0.865. The van der Waals surface area contributed by atoms with E-state index < -0.39 is 0 Å². The Labute approximate surface area is 123 Å². The van der Waals surface area contributed by atoms with Crippen LogP contribution in [0.25, 0.3) is 0 Å². The lowest BCUT2D eigenvalue weighted by atomic mass is 10.0. The fraction of sp³-hybridized carbons (Fsp3) is 0.533. The lowest BCUT2D eigenvalue weighted by Crippen LogP contribution is -2.42. The van der Waals surface area contributed by atoms with Gasteiger partial charge in [0.1, 0.15) is 5.75 Å². The molecular weight excluding hydrogens is 306 g/mol. The largest absolute Gasteiger partial charge is 0.496 e. The zero-order valence-corrected chi connectivity index (χ0v) is 13.6. The molecule has 0 aromatic heterocycles. The first-order chi connectivity index (χ1) is 8.88. The van der Waals surface area contributed by atoms with Gasteiger partial charge in [-0.1, -0.05) is 13.0 Å². The molecule has 4 heteroatoms. The molecule has 0 radical (unpaired) electrons. The fourth-order valence-electron chi connectivity index (χ4n) is 1.65. The van der Waals surface area contributed by atoms with E-state index in [1.54, 1.807) is 7.11 Å². The summed E-state index contributed by atoms with van der Waals surface area (Å²) in [5.74, 6) is 0.902. The lowest BCUT2D eigenvalue weighted by Gasteiger charge is -2.24. The highest BCUT2D eigenvalue weighted by molar-refractivity contribution is 9.10. The number of halogens is 1. The number of aryl methyl sites for hydroxylation is 1. The molecule has 1 N–H and O–H groups in total. The molecule has 0 aliphatic heterocycles. The van der Waals surface area contributed by atoms with Gasteiger partial charge in [-0.25, -0.2) is 0 Å². The lowest BCUT2D eigenvalue weighted by molar-refractivity contribution is -0.122. The van der Waals surface area contributed by atoms with E-state index in [1.165, 1.54) is 0 Å². The molecule has 0 heterocycles. The van der Waals surface area contributed by atoms with Gasteiger partial charge in [0.25, 0.3) is 0 Å². The molecule has 3 nitrogen and oxygen atoms in total. The van der Waals surface area contributed by atoms with Crippen molar-refractivity contribution >= 4 is 21.8 Å².